The van der Waals surface area contributed by atoms with E-state index in [1.165, 1.54) is 11.3 Å². The van der Waals surface area contributed by atoms with Gasteiger partial charge < -0.3 is 30.4 Å². The van der Waals surface area contributed by atoms with E-state index < -0.39 is 11.9 Å². The number of piperidine rings is 1. The smallest absolute Gasteiger partial charge is 0.350 e. The molecule has 2 aromatic heterocycles. The van der Waals surface area contributed by atoms with Crippen LogP contribution in [0.5, 0.6) is 0 Å². The number of carbonyl (C=O) groups excluding carboxylic acids is 2. The van der Waals surface area contributed by atoms with Crippen LogP contribution in [-0.2, 0) is 16.0 Å². The Hall–Kier alpha value is -3.28. The highest BCUT2D eigenvalue weighted by Gasteiger charge is 2.57. The van der Waals surface area contributed by atoms with Crippen molar-refractivity contribution in [3.05, 3.63) is 61.8 Å². The summed E-state index contributed by atoms with van der Waals surface area (Å²) in [5, 5.41) is 16.2. The van der Waals surface area contributed by atoms with Crippen LogP contribution in [0.15, 0.2) is 24.3 Å². The van der Waals surface area contributed by atoms with Crippen LogP contribution < -0.4 is 15.5 Å². The Morgan fingerprint density at radius 1 is 1.23 bits per heavy atom. The van der Waals surface area contributed by atoms with E-state index in [0.717, 1.165) is 10.7 Å². The van der Waals surface area contributed by atoms with Gasteiger partial charge in [0.2, 0.25) is 0 Å². The molecule has 1 aliphatic heterocycles. The van der Waals surface area contributed by atoms with Crippen LogP contribution in [0.2, 0.25) is 10.0 Å². The molecule has 3 heterocycles. The minimum Gasteiger partial charge on any atom is -0.480 e. The second kappa shape index (κ2) is 11.1. The summed E-state index contributed by atoms with van der Waals surface area (Å²) in [6.07, 6.45) is 0.394. The summed E-state index contributed by atoms with van der Waals surface area (Å²) >= 11 is 13.6. The molecule has 13 heteroatoms. The first-order chi connectivity index (χ1) is 18.7. The molecule has 0 unspecified atom stereocenters. The van der Waals surface area contributed by atoms with E-state index in [4.69, 9.17) is 38.0 Å². The van der Waals surface area contributed by atoms with Crippen molar-refractivity contribution in [2.24, 2.45) is 11.8 Å². The van der Waals surface area contributed by atoms with Crippen LogP contribution in [0, 0.1) is 18.8 Å². The number of rotatable bonds is 10. The van der Waals surface area contributed by atoms with E-state index in [2.05, 4.69) is 20.5 Å². The predicted octanol–water partition coefficient (Wildman–Crippen LogP) is 4.22. The molecule has 4 N–H and O–H groups in total. The van der Waals surface area contributed by atoms with Crippen molar-refractivity contribution in [1.29, 1.82) is 0 Å². The van der Waals surface area contributed by atoms with E-state index in [1.54, 1.807) is 19.9 Å². The number of carbonyl (C=O) groups is 3. The summed E-state index contributed by atoms with van der Waals surface area (Å²) < 4.78 is 5.29. The Morgan fingerprint density at radius 3 is 2.62 bits per heavy atom. The van der Waals surface area contributed by atoms with Gasteiger partial charge in [0.05, 0.1) is 22.3 Å². The number of aromatic nitrogens is 2. The number of carboxylic acids is 1. The maximum absolute atomic E-state index is 12.7. The maximum atomic E-state index is 12.7. The first-order valence-electron chi connectivity index (χ1n) is 12.5. The van der Waals surface area contributed by atoms with Crippen molar-refractivity contribution in [1.82, 2.24) is 15.3 Å². The summed E-state index contributed by atoms with van der Waals surface area (Å²) in [7, 11) is 0. The van der Waals surface area contributed by atoms with E-state index in [0.29, 0.717) is 46.5 Å². The number of aromatic amines is 1. The van der Waals surface area contributed by atoms with E-state index >= 15 is 0 Å². The van der Waals surface area contributed by atoms with Crippen LogP contribution in [0.25, 0.3) is 0 Å². The van der Waals surface area contributed by atoms with Gasteiger partial charge in [-0.1, -0.05) is 46.7 Å². The number of anilines is 2. The summed E-state index contributed by atoms with van der Waals surface area (Å²) in [4.78, 5) is 46.7. The molecule has 0 radical (unpaired) electrons. The minimum absolute atomic E-state index is 0.0391. The quantitative estimate of drug-likeness (QED) is 0.257. The topological polar surface area (TPSA) is 137 Å². The average Bonchev–Trinajstić information content (AvgIpc) is 3.26. The number of benzene rings is 1. The molecule has 3 atom stereocenters. The SMILES string of the molecule is CCOC(=O)c1sc(N2C[C@@H]3[C@H](C2)[C@@H]3NC(=O)c2[nH]c(C)c(Cl)c2Cl)nc1Cc1cccc(NCC(=O)O)c1. The fraction of sp³-hybridized carbons (Fsp3) is 0.385. The Balaban J connectivity index is 1.26. The van der Waals surface area contributed by atoms with Gasteiger partial charge in [-0.3, -0.25) is 9.59 Å². The monoisotopic (exact) mass is 591 g/mol. The number of nitrogens with zero attached hydrogens (tertiary/aromatic N) is 2. The van der Waals surface area contributed by atoms with E-state index in [-0.39, 0.29) is 47.7 Å². The highest BCUT2D eigenvalue weighted by atomic mass is 35.5. The number of hydrogen-bond acceptors (Lipinski definition) is 8. The number of esters is 1. The fourth-order valence-corrected chi connectivity index (χ4v) is 6.37. The molecule has 1 saturated carbocycles. The molecule has 0 bridgehead atoms. The lowest BCUT2D eigenvalue weighted by Gasteiger charge is -2.19. The lowest BCUT2D eigenvalue weighted by molar-refractivity contribution is -0.134. The van der Waals surface area contributed by atoms with E-state index in [1.807, 2.05) is 18.2 Å². The van der Waals surface area contributed by atoms with Crippen molar-refractivity contribution in [2.75, 3.05) is 36.5 Å². The molecule has 206 valence electrons. The van der Waals surface area contributed by atoms with E-state index in [9.17, 15) is 14.4 Å². The standard InChI is InChI=1S/C26H27Cl2N5O5S/c1-3-38-25(37)23-17(8-13-5-4-6-14(7-13)29-9-18(34)35)31-26(39-23)33-10-15-16(11-33)21(15)32-24(36)22-20(28)19(27)12(2)30-22/h4-7,15-16,21,29-30H,3,8-11H2,1-2H3,(H,32,36)(H,34,35)/t15-,16+,21-. The number of carboxylic acid groups (broad SMARTS) is 1. The number of halogens is 2. The number of fused-ring (bicyclic) bond motifs is 1. The number of nitrogens with one attached hydrogen (secondary N) is 3. The number of thiazole rings is 1. The molecule has 0 spiro atoms. The van der Waals surface area contributed by atoms with Crippen LogP contribution >= 0.6 is 34.5 Å². The van der Waals surface area contributed by atoms with Crippen LogP contribution in [0.1, 0.15) is 44.0 Å². The number of hydrogen-bond donors (Lipinski definition) is 4. The lowest BCUT2D eigenvalue weighted by Crippen LogP contribution is -2.34. The molecule has 1 amide bonds. The molecule has 1 saturated heterocycles. The molecule has 39 heavy (non-hydrogen) atoms. The third kappa shape index (κ3) is 5.70. The number of ether oxygens (including phenoxy) is 1. The zero-order valence-electron chi connectivity index (χ0n) is 21.2. The first kappa shape index (κ1) is 27.3. The van der Waals surface area contributed by atoms with Gasteiger partial charge in [-0.2, -0.15) is 0 Å². The zero-order chi connectivity index (χ0) is 27.8. The third-order valence-electron chi connectivity index (χ3n) is 6.93. The molecular formula is C26H27Cl2N5O5S. The Kier molecular flexibility index (Phi) is 7.75. The highest BCUT2D eigenvalue weighted by Crippen LogP contribution is 2.48. The van der Waals surface area contributed by atoms with Gasteiger partial charge in [-0.15, -0.1) is 0 Å². The summed E-state index contributed by atoms with van der Waals surface area (Å²) in [5.41, 5.74) is 3.09. The van der Waals surface area contributed by atoms with Gasteiger partial charge in [0.1, 0.15) is 17.1 Å². The van der Waals surface area contributed by atoms with Gasteiger partial charge in [-0.25, -0.2) is 9.78 Å². The number of H-pyrrole nitrogens is 1. The second-order valence-corrected chi connectivity index (χ2v) is 11.3. The minimum atomic E-state index is -0.952. The second-order valence-electron chi connectivity index (χ2n) is 9.60. The molecule has 2 fully saturated rings. The number of aliphatic carboxylic acids is 1. The van der Waals surface area contributed by atoms with Crippen LogP contribution in [-0.4, -0.2) is 65.2 Å². The number of amides is 1. The molecule has 5 rings (SSSR count). The highest BCUT2D eigenvalue weighted by molar-refractivity contribution is 7.17. The normalized spacial score (nSPS) is 19.5. The van der Waals surface area contributed by atoms with Crippen molar-refractivity contribution in [3.63, 3.8) is 0 Å². The van der Waals surface area contributed by atoms with Crippen molar-refractivity contribution < 1.29 is 24.2 Å². The van der Waals surface area contributed by atoms with Crippen molar-refractivity contribution >= 4 is 63.2 Å². The summed E-state index contributed by atoms with van der Waals surface area (Å²) in [6.45, 7) is 4.99. The first-order valence-corrected chi connectivity index (χ1v) is 14.0. The summed E-state index contributed by atoms with van der Waals surface area (Å²) in [5.74, 6) is -1.10. The van der Waals surface area contributed by atoms with Crippen molar-refractivity contribution in [3.8, 4) is 0 Å². The van der Waals surface area contributed by atoms with Gasteiger partial charge in [0.15, 0.2) is 5.13 Å². The fourth-order valence-electron chi connectivity index (χ4n) is 4.96. The predicted molar refractivity (Wildman–Crippen MR) is 149 cm³/mol. The molecule has 3 aromatic rings. The third-order valence-corrected chi connectivity index (χ3v) is 9.02. The van der Waals surface area contributed by atoms with Gasteiger partial charge in [-0.05, 0) is 31.5 Å². The van der Waals surface area contributed by atoms with Crippen LogP contribution in [0.3, 0.4) is 0 Å². The van der Waals surface area contributed by atoms with Crippen molar-refractivity contribution in [2.45, 2.75) is 26.3 Å². The number of aryl methyl sites for hydroxylation is 1. The Labute approximate surface area is 238 Å². The molecule has 2 aliphatic rings. The van der Waals surface area contributed by atoms with Gasteiger partial charge >= 0.3 is 11.9 Å². The maximum Gasteiger partial charge on any atom is 0.350 e. The molecule has 1 aliphatic carbocycles. The summed E-state index contributed by atoms with van der Waals surface area (Å²) in [6, 6.07) is 7.41. The Bertz CT molecular complexity index is 1430. The van der Waals surface area contributed by atoms with Crippen LogP contribution in [0.4, 0.5) is 10.8 Å². The largest absolute Gasteiger partial charge is 0.480 e. The lowest BCUT2D eigenvalue weighted by atomic mass is 10.1. The molecule has 1 aromatic carbocycles. The van der Waals surface area contributed by atoms with Gasteiger partial charge in [0, 0.05) is 48.8 Å². The average molecular weight is 593 g/mol. The molecule has 10 nitrogen and oxygen atoms in total. The zero-order valence-corrected chi connectivity index (χ0v) is 23.5. The Morgan fingerprint density at radius 2 is 1.97 bits per heavy atom. The van der Waals surface area contributed by atoms with Gasteiger partial charge in [0.25, 0.3) is 5.91 Å². The molecular weight excluding hydrogens is 565 g/mol.